The summed E-state index contributed by atoms with van der Waals surface area (Å²) in [7, 11) is 0. The van der Waals surface area contributed by atoms with Crippen LogP contribution < -0.4 is 5.32 Å². The summed E-state index contributed by atoms with van der Waals surface area (Å²) in [6.07, 6.45) is 4.60. The van der Waals surface area contributed by atoms with Gasteiger partial charge in [0.25, 0.3) is 0 Å². The Bertz CT molecular complexity index is 399. The number of carbonyl (C=O) groups excluding carboxylic acids is 1. The predicted molar refractivity (Wildman–Crippen MR) is 76.7 cm³/mol. The summed E-state index contributed by atoms with van der Waals surface area (Å²) in [6.45, 7) is 0. The lowest BCUT2D eigenvalue weighted by atomic mass is 9.93. The van der Waals surface area contributed by atoms with Crippen molar-refractivity contribution in [2.45, 2.75) is 50.7 Å². The average molecular weight is 332 g/mol. The molecule has 0 saturated heterocycles. The Morgan fingerprint density at radius 1 is 1.39 bits per heavy atom. The van der Waals surface area contributed by atoms with E-state index in [1.54, 1.807) is 11.3 Å². The number of hydrogen-bond donors (Lipinski definition) is 2. The number of halogens is 1. The van der Waals surface area contributed by atoms with E-state index < -0.39 is 0 Å². The average Bonchev–Trinajstić information content (AvgIpc) is 2.76. The van der Waals surface area contributed by atoms with Crippen LogP contribution in [0.4, 0.5) is 0 Å². The second-order valence-electron chi connectivity index (χ2n) is 4.78. The normalized spacial score (nSPS) is 23.9. The van der Waals surface area contributed by atoms with Crippen LogP contribution in [0.15, 0.2) is 15.9 Å². The van der Waals surface area contributed by atoms with E-state index in [1.807, 2.05) is 6.07 Å². The van der Waals surface area contributed by atoms with Crippen molar-refractivity contribution in [3.8, 4) is 0 Å². The molecule has 1 fully saturated rings. The van der Waals surface area contributed by atoms with E-state index in [4.69, 9.17) is 0 Å². The van der Waals surface area contributed by atoms with Gasteiger partial charge >= 0.3 is 0 Å². The Kier molecular flexibility index (Phi) is 5.21. The molecule has 0 atom stereocenters. The molecule has 5 heteroatoms. The van der Waals surface area contributed by atoms with Crippen LogP contribution in [0, 0.1) is 0 Å². The zero-order valence-electron chi connectivity index (χ0n) is 10.2. The van der Waals surface area contributed by atoms with E-state index in [-0.39, 0.29) is 18.1 Å². The molecule has 1 aromatic rings. The quantitative estimate of drug-likeness (QED) is 0.891. The number of aryl methyl sites for hydroxylation is 1. The van der Waals surface area contributed by atoms with Gasteiger partial charge in [-0.2, -0.15) is 0 Å². The SMILES string of the molecule is O=C(CCc1ccc(Br)s1)NC1CCC(O)CC1. The molecule has 1 heterocycles. The number of aliphatic hydroxyl groups excluding tert-OH is 1. The van der Waals surface area contributed by atoms with E-state index in [2.05, 4.69) is 27.3 Å². The highest BCUT2D eigenvalue weighted by Crippen LogP contribution is 2.23. The Labute approximate surface area is 120 Å². The molecule has 0 aliphatic heterocycles. The molecular formula is C13H18BrNO2S. The molecule has 100 valence electrons. The maximum Gasteiger partial charge on any atom is 0.220 e. The van der Waals surface area contributed by atoms with Crippen molar-refractivity contribution in [2.24, 2.45) is 0 Å². The molecule has 0 bridgehead atoms. The molecule has 18 heavy (non-hydrogen) atoms. The molecule has 0 radical (unpaired) electrons. The van der Waals surface area contributed by atoms with Crippen LogP contribution in [0.1, 0.15) is 37.0 Å². The summed E-state index contributed by atoms with van der Waals surface area (Å²) < 4.78 is 1.11. The third-order valence-corrected chi connectivity index (χ3v) is 4.97. The molecule has 1 aliphatic carbocycles. The van der Waals surface area contributed by atoms with Crippen LogP contribution in [-0.2, 0) is 11.2 Å². The van der Waals surface area contributed by atoms with Gasteiger partial charge in [0.1, 0.15) is 0 Å². The molecule has 1 saturated carbocycles. The van der Waals surface area contributed by atoms with Crippen LogP contribution in [0.25, 0.3) is 0 Å². The molecule has 2 N–H and O–H groups in total. The number of thiophene rings is 1. The lowest BCUT2D eigenvalue weighted by molar-refractivity contribution is -0.122. The van der Waals surface area contributed by atoms with E-state index in [0.717, 1.165) is 35.9 Å². The minimum atomic E-state index is -0.165. The number of rotatable bonds is 4. The largest absolute Gasteiger partial charge is 0.393 e. The van der Waals surface area contributed by atoms with Gasteiger partial charge in [0, 0.05) is 17.3 Å². The molecule has 2 rings (SSSR count). The van der Waals surface area contributed by atoms with Gasteiger partial charge in [0.15, 0.2) is 0 Å². The Morgan fingerprint density at radius 3 is 2.72 bits per heavy atom. The summed E-state index contributed by atoms with van der Waals surface area (Å²) in [5.74, 6) is 0.126. The van der Waals surface area contributed by atoms with Gasteiger partial charge < -0.3 is 10.4 Å². The summed E-state index contributed by atoms with van der Waals surface area (Å²) in [5.41, 5.74) is 0. The third kappa shape index (κ3) is 4.37. The molecule has 0 aromatic carbocycles. The summed E-state index contributed by atoms with van der Waals surface area (Å²) >= 11 is 5.10. The summed E-state index contributed by atoms with van der Waals surface area (Å²) in [5, 5.41) is 12.5. The fourth-order valence-corrected chi connectivity index (χ4v) is 3.73. The second kappa shape index (κ2) is 6.68. The van der Waals surface area contributed by atoms with Crippen molar-refractivity contribution < 1.29 is 9.90 Å². The second-order valence-corrected chi connectivity index (χ2v) is 7.33. The van der Waals surface area contributed by atoms with Crippen LogP contribution in [-0.4, -0.2) is 23.2 Å². The third-order valence-electron chi connectivity index (χ3n) is 3.29. The lowest BCUT2D eigenvalue weighted by Crippen LogP contribution is -2.38. The predicted octanol–water partition coefficient (Wildman–Crippen LogP) is 2.86. The van der Waals surface area contributed by atoms with Crippen molar-refractivity contribution in [3.63, 3.8) is 0 Å². The van der Waals surface area contributed by atoms with Gasteiger partial charge in [0.05, 0.1) is 9.89 Å². The minimum Gasteiger partial charge on any atom is -0.393 e. The van der Waals surface area contributed by atoms with E-state index >= 15 is 0 Å². The molecule has 1 amide bonds. The number of amides is 1. The number of carbonyl (C=O) groups is 1. The first-order valence-electron chi connectivity index (χ1n) is 6.35. The number of hydrogen-bond acceptors (Lipinski definition) is 3. The maximum absolute atomic E-state index is 11.8. The topological polar surface area (TPSA) is 49.3 Å². The van der Waals surface area contributed by atoms with Gasteiger partial charge in [-0.1, -0.05) is 0 Å². The van der Waals surface area contributed by atoms with Crippen LogP contribution in [0.2, 0.25) is 0 Å². The number of aliphatic hydroxyl groups is 1. The summed E-state index contributed by atoms with van der Waals surface area (Å²) in [4.78, 5) is 13.0. The molecule has 0 unspecified atom stereocenters. The highest BCUT2D eigenvalue weighted by Gasteiger charge is 2.20. The highest BCUT2D eigenvalue weighted by atomic mass is 79.9. The van der Waals surface area contributed by atoms with Crippen molar-refractivity contribution in [3.05, 3.63) is 20.8 Å². The molecule has 0 spiro atoms. The zero-order valence-corrected chi connectivity index (χ0v) is 12.6. The van der Waals surface area contributed by atoms with E-state index in [9.17, 15) is 9.90 Å². The summed E-state index contributed by atoms with van der Waals surface area (Å²) in [6, 6.07) is 4.33. The van der Waals surface area contributed by atoms with Gasteiger partial charge in [-0.15, -0.1) is 11.3 Å². The maximum atomic E-state index is 11.8. The van der Waals surface area contributed by atoms with Crippen molar-refractivity contribution in [2.75, 3.05) is 0 Å². The highest BCUT2D eigenvalue weighted by molar-refractivity contribution is 9.11. The van der Waals surface area contributed by atoms with Gasteiger partial charge in [-0.05, 0) is 60.2 Å². The van der Waals surface area contributed by atoms with Crippen molar-refractivity contribution in [1.29, 1.82) is 0 Å². The minimum absolute atomic E-state index is 0.126. The first kappa shape index (κ1) is 14.0. The fourth-order valence-electron chi connectivity index (χ4n) is 2.24. The first-order chi connectivity index (χ1) is 8.63. The van der Waals surface area contributed by atoms with Crippen LogP contribution in [0.5, 0.6) is 0 Å². The van der Waals surface area contributed by atoms with Crippen molar-refractivity contribution >= 4 is 33.2 Å². The van der Waals surface area contributed by atoms with E-state index in [1.165, 1.54) is 4.88 Å². The van der Waals surface area contributed by atoms with Crippen molar-refractivity contribution in [1.82, 2.24) is 5.32 Å². The fraction of sp³-hybridized carbons (Fsp3) is 0.615. The Hall–Kier alpha value is -0.390. The zero-order chi connectivity index (χ0) is 13.0. The monoisotopic (exact) mass is 331 g/mol. The Balaban J connectivity index is 1.69. The smallest absolute Gasteiger partial charge is 0.220 e. The Morgan fingerprint density at radius 2 is 2.11 bits per heavy atom. The lowest BCUT2D eigenvalue weighted by Gasteiger charge is -2.26. The molecule has 3 nitrogen and oxygen atoms in total. The first-order valence-corrected chi connectivity index (χ1v) is 7.96. The molecular weight excluding hydrogens is 314 g/mol. The number of nitrogens with one attached hydrogen (secondary N) is 1. The molecule has 1 aromatic heterocycles. The van der Waals surface area contributed by atoms with Crippen LogP contribution >= 0.6 is 27.3 Å². The van der Waals surface area contributed by atoms with Crippen LogP contribution in [0.3, 0.4) is 0 Å². The van der Waals surface area contributed by atoms with Gasteiger partial charge in [-0.25, -0.2) is 0 Å². The van der Waals surface area contributed by atoms with E-state index in [0.29, 0.717) is 6.42 Å². The van der Waals surface area contributed by atoms with Gasteiger partial charge in [0.2, 0.25) is 5.91 Å². The molecule has 1 aliphatic rings. The van der Waals surface area contributed by atoms with Gasteiger partial charge in [-0.3, -0.25) is 4.79 Å². The standard InChI is InChI=1S/C13H18BrNO2S/c14-12-7-5-11(18-12)6-8-13(17)15-9-1-3-10(16)4-2-9/h5,7,9-10,16H,1-4,6,8H2,(H,15,17).